The molecule has 0 aromatic heterocycles. The Hall–Kier alpha value is -2.27. The monoisotopic (exact) mass is 340 g/mol. The van der Waals surface area contributed by atoms with E-state index in [9.17, 15) is 9.59 Å². The van der Waals surface area contributed by atoms with Crippen LogP contribution < -0.4 is 10.6 Å². The number of hydrogen-bond acceptors (Lipinski definition) is 3. The van der Waals surface area contributed by atoms with E-state index < -0.39 is 5.25 Å². The first-order valence-electron chi connectivity index (χ1n) is 7.88. The zero-order valence-corrected chi connectivity index (χ0v) is 14.8. The van der Waals surface area contributed by atoms with Gasteiger partial charge in [0, 0.05) is 17.0 Å². The third-order valence-corrected chi connectivity index (χ3v) is 5.29. The van der Waals surface area contributed by atoms with E-state index in [1.807, 2.05) is 57.2 Å². The van der Waals surface area contributed by atoms with Gasteiger partial charge in [-0.15, -0.1) is 11.8 Å². The van der Waals surface area contributed by atoms with Crippen LogP contribution in [-0.2, 0) is 9.59 Å². The highest BCUT2D eigenvalue weighted by Gasteiger charge is 2.29. The van der Waals surface area contributed by atoms with Crippen molar-refractivity contribution in [2.45, 2.75) is 37.3 Å². The van der Waals surface area contributed by atoms with Crippen molar-refractivity contribution >= 4 is 35.0 Å². The minimum absolute atomic E-state index is 0.119. The molecule has 24 heavy (non-hydrogen) atoms. The molecule has 0 saturated carbocycles. The minimum Gasteiger partial charge on any atom is -0.326 e. The van der Waals surface area contributed by atoms with Gasteiger partial charge in [-0.25, -0.2) is 0 Å². The van der Waals surface area contributed by atoms with Crippen LogP contribution in [0.25, 0.3) is 0 Å². The van der Waals surface area contributed by atoms with E-state index in [2.05, 4.69) is 10.6 Å². The SMILES string of the molecule is Cc1cc(C)c(NC(=O)C[C@H]2Sc3ccccc3NC2=O)c(C)c1. The van der Waals surface area contributed by atoms with E-state index in [1.54, 1.807) is 0 Å². The fraction of sp³-hybridized carbons (Fsp3) is 0.263. The van der Waals surface area contributed by atoms with E-state index in [0.29, 0.717) is 0 Å². The summed E-state index contributed by atoms with van der Waals surface area (Å²) in [4.78, 5) is 25.6. The lowest BCUT2D eigenvalue weighted by Gasteiger charge is -2.23. The molecular weight excluding hydrogens is 320 g/mol. The summed E-state index contributed by atoms with van der Waals surface area (Å²) in [6.07, 6.45) is 0.150. The molecule has 0 saturated heterocycles. The molecule has 5 heteroatoms. The van der Waals surface area contributed by atoms with Crippen LogP contribution in [-0.4, -0.2) is 17.1 Å². The van der Waals surface area contributed by atoms with Crippen LogP contribution in [0.5, 0.6) is 0 Å². The van der Waals surface area contributed by atoms with E-state index >= 15 is 0 Å². The van der Waals surface area contributed by atoms with Gasteiger partial charge < -0.3 is 10.6 Å². The van der Waals surface area contributed by atoms with Gasteiger partial charge in [0.05, 0.1) is 10.9 Å². The van der Waals surface area contributed by atoms with Crippen molar-refractivity contribution < 1.29 is 9.59 Å². The van der Waals surface area contributed by atoms with Gasteiger partial charge in [0.25, 0.3) is 0 Å². The Balaban J connectivity index is 1.71. The molecule has 2 aromatic carbocycles. The first-order valence-corrected chi connectivity index (χ1v) is 8.76. The van der Waals surface area contributed by atoms with Gasteiger partial charge in [0.15, 0.2) is 0 Å². The summed E-state index contributed by atoms with van der Waals surface area (Å²) in [6.45, 7) is 5.99. The largest absolute Gasteiger partial charge is 0.326 e. The van der Waals surface area contributed by atoms with Crippen molar-refractivity contribution in [1.29, 1.82) is 0 Å². The standard InChI is InChI=1S/C19H20N2O2S/c1-11-8-12(2)18(13(3)9-11)21-17(22)10-16-19(23)20-14-6-4-5-7-15(14)24-16/h4-9,16H,10H2,1-3H3,(H,20,23)(H,21,22)/t16-/m1/s1. The van der Waals surface area contributed by atoms with Crippen LogP contribution in [0.2, 0.25) is 0 Å². The summed E-state index contributed by atoms with van der Waals surface area (Å²) in [7, 11) is 0. The molecule has 0 spiro atoms. The third kappa shape index (κ3) is 3.46. The normalized spacial score (nSPS) is 16.3. The molecular formula is C19H20N2O2S. The Morgan fingerprint density at radius 3 is 2.54 bits per heavy atom. The van der Waals surface area contributed by atoms with E-state index in [4.69, 9.17) is 0 Å². The molecule has 2 N–H and O–H groups in total. The number of hydrogen-bond donors (Lipinski definition) is 2. The van der Waals surface area contributed by atoms with Crippen molar-refractivity contribution in [3.05, 3.63) is 53.1 Å². The number of amides is 2. The summed E-state index contributed by atoms with van der Waals surface area (Å²) in [6, 6.07) is 11.7. The molecule has 4 nitrogen and oxygen atoms in total. The van der Waals surface area contributed by atoms with Crippen LogP contribution in [0.3, 0.4) is 0 Å². The molecule has 0 aliphatic carbocycles. The Morgan fingerprint density at radius 2 is 1.83 bits per heavy atom. The number of fused-ring (bicyclic) bond motifs is 1. The topological polar surface area (TPSA) is 58.2 Å². The summed E-state index contributed by atoms with van der Waals surface area (Å²) >= 11 is 1.44. The highest BCUT2D eigenvalue weighted by atomic mass is 32.2. The smallest absolute Gasteiger partial charge is 0.238 e. The number of benzene rings is 2. The number of carbonyl (C=O) groups is 2. The van der Waals surface area contributed by atoms with Crippen molar-refractivity contribution in [3.8, 4) is 0 Å². The highest BCUT2D eigenvalue weighted by molar-refractivity contribution is 8.01. The Bertz CT molecular complexity index is 794. The molecule has 0 unspecified atom stereocenters. The predicted octanol–water partition coefficient (Wildman–Crippen LogP) is 4.05. The predicted molar refractivity (Wildman–Crippen MR) is 98.6 cm³/mol. The molecule has 2 aromatic rings. The van der Waals surface area contributed by atoms with Crippen LogP contribution in [0.15, 0.2) is 41.3 Å². The Morgan fingerprint density at radius 1 is 1.17 bits per heavy atom. The molecule has 2 amide bonds. The maximum absolute atomic E-state index is 12.4. The fourth-order valence-electron chi connectivity index (χ4n) is 2.96. The zero-order valence-electron chi connectivity index (χ0n) is 14.0. The molecule has 1 aliphatic rings. The first kappa shape index (κ1) is 16.6. The zero-order chi connectivity index (χ0) is 17.3. The van der Waals surface area contributed by atoms with E-state index in [-0.39, 0.29) is 18.2 Å². The molecule has 1 heterocycles. The summed E-state index contributed by atoms with van der Waals surface area (Å²) in [5, 5.41) is 5.42. The number of rotatable bonds is 3. The second-order valence-corrected chi connectivity index (χ2v) is 7.36. The molecule has 3 rings (SSSR count). The van der Waals surface area contributed by atoms with Gasteiger partial charge in [-0.3, -0.25) is 9.59 Å². The first-order chi connectivity index (χ1) is 11.4. The van der Waals surface area contributed by atoms with Crippen molar-refractivity contribution in [1.82, 2.24) is 0 Å². The van der Waals surface area contributed by atoms with Crippen LogP contribution in [0, 0.1) is 20.8 Å². The minimum atomic E-state index is -0.411. The molecule has 0 radical (unpaired) electrons. The summed E-state index contributed by atoms with van der Waals surface area (Å²) in [5.41, 5.74) is 4.89. The lowest BCUT2D eigenvalue weighted by atomic mass is 10.0. The number of nitrogens with one attached hydrogen (secondary N) is 2. The lowest BCUT2D eigenvalue weighted by molar-refractivity contribution is -0.120. The maximum atomic E-state index is 12.4. The van der Waals surface area contributed by atoms with Gasteiger partial charge in [0.1, 0.15) is 0 Å². The average molecular weight is 340 g/mol. The highest BCUT2D eigenvalue weighted by Crippen LogP contribution is 2.36. The van der Waals surface area contributed by atoms with Gasteiger partial charge in [-0.1, -0.05) is 29.8 Å². The maximum Gasteiger partial charge on any atom is 0.238 e. The summed E-state index contributed by atoms with van der Waals surface area (Å²) < 4.78 is 0. The summed E-state index contributed by atoms with van der Waals surface area (Å²) in [5.74, 6) is -0.261. The molecule has 1 atom stereocenters. The molecule has 0 bridgehead atoms. The molecule has 124 valence electrons. The number of para-hydroxylation sites is 1. The second-order valence-electron chi connectivity index (χ2n) is 6.12. The van der Waals surface area contributed by atoms with E-state index in [1.165, 1.54) is 17.3 Å². The van der Waals surface area contributed by atoms with Gasteiger partial charge in [-0.2, -0.15) is 0 Å². The third-order valence-electron chi connectivity index (χ3n) is 4.02. The van der Waals surface area contributed by atoms with Crippen LogP contribution >= 0.6 is 11.8 Å². The Labute approximate surface area is 146 Å². The quantitative estimate of drug-likeness (QED) is 0.886. The number of aryl methyl sites for hydroxylation is 3. The van der Waals surface area contributed by atoms with Gasteiger partial charge >= 0.3 is 0 Å². The number of thioether (sulfide) groups is 1. The van der Waals surface area contributed by atoms with Crippen molar-refractivity contribution in [3.63, 3.8) is 0 Å². The average Bonchev–Trinajstić information content (AvgIpc) is 2.51. The second kappa shape index (κ2) is 6.69. The van der Waals surface area contributed by atoms with Crippen LogP contribution in [0.4, 0.5) is 11.4 Å². The molecule has 0 fully saturated rings. The van der Waals surface area contributed by atoms with E-state index in [0.717, 1.165) is 27.4 Å². The Kier molecular flexibility index (Phi) is 4.62. The van der Waals surface area contributed by atoms with Crippen LogP contribution in [0.1, 0.15) is 23.1 Å². The number of anilines is 2. The lowest BCUT2D eigenvalue weighted by Crippen LogP contribution is -2.32. The van der Waals surface area contributed by atoms with Gasteiger partial charge in [0.2, 0.25) is 11.8 Å². The van der Waals surface area contributed by atoms with Crippen molar-refractivity contribution in [2.24, 2.45) is 0 Å². The van der Waals surface area contributed by atoms with Gasteiger partial charge in [-0.05, 0) is 44.0 Å². The van der Waals surface area contributed by atoms with Crippen molar-refractivity contribution in [2.75, 3.05) is 10.6 Å². The molecule has 1 aliphatic heterocycles. The number of carbonyl (C=O) groups excluding carboxylic acids is 2. The fourth-order valence-corrected chi connectivity index (χ4v) is 4.07.